The lowest BCUT2D eigenvalue weighted by Gasteiger charge is -2.47. The lowest BCUT2D eigenvalue weighted by Crippen LogP contribution is -2.46. The molecule has 0 amide bonds. The van der Waals surface area contributed by atoms with Crippen LogP contribution in [-0.4, -0.2) is 16.0 Å². The smallest absolute Gasteiger partial charge is 0.160 e. The molecule has 0 radical (unpaired) electrons. The lowest BCUT2D eigenvalue weighted by molar-refractivity contribution is 0.430. The maximum atomic E-state index is 10.4. The number of nitrogens with zero attached hydrogens (tertiary/aromatic N) is 3. The number of hydrogen-bond donors (Lipinski definition) is 1. The van der Waals surface area contributed by atoms with Crippen molar-refractivity contribution < 1.29 is 46.6 Å². The number of para-hydroxylation sites is 2. The summed E-state index contributed by atoms with van der Waals surface area (Å²) in [7, 11) is 0. The van der Waals surface area contributed by atoms with Gasteiger partial charge in [-0.3, -0.25) is 5.32 Å². The molecule has 2 aliphatic carbocycles. The van der Waals surface area contributed by atoms with Crippen LogP contribution in [0.5, 0.6) is 0 Å². The van der Waals surface area contributed by atoms with Crippen molar-refractivity contribution in [3.05, 3.63) is 233 Å². The van der Waals surface area contributed by atoms with Gasteiger partial charge in [-0.1, -0.05) is 163 Å². The summed E-state index contributed by atoms with van der Waals surface area (Å²) < 4.78 is 308. The van der Waals surface area contributed by atoms with E-state index in [2.05, 4.69) is 15.3 Å². The molecule has 6 aromatic carbocycles. The Hall–Kier alpha value is -6.88. The first-order chi connectivity index (χ1) is 41.4. The highest BCUT2D eigenvalue weighted by molar-refractivity contribution is 5.93. The standard InChI is InChI=1S/C51H38N4/c1-6-18-35(19-7-1)45-34-46(36-20-8-2-9-21-36)54-51(53-45)39-30-31-44-43(32-39)48-42-29-17-16-24-38(42)33-47(49(48)50(52-44)37-22-10-3-11-23-37)55(40-25-12-4-13-26-40)41-27-14-5-15-28-41/h1-34,44,49-50,52H/i1D,2D,3D,4D,5D,6D,7D,8D,9D,10D,11D,12D,13D,14D,15D,16D,17D,18D,19D,20D,21D,22D,23D,24D,25D,26D,27D,28D,29D,30D,31D,32D,33D,34D. The van der Waals surface area contributed by atoms with Gasteiger partial charge in [0.25, 0.3) is 0 Å². The number of aromatic nitrogens is 2. The highest BCUT2D eigenvalue weighted by Crippen LogP contribution is 2.53. The number of allylic oxidation sites excluding steroid dienone is 2. The number of rotatable bonds is 7. The first-order valence-electron chi connectivity index (χ1n) is 33.2. The first-order valence-corrected chi connectivity index (χ1v) is 16.2. The second kappa shape index (κ2) is 14.2. The molecule has 3 aliphatic rings. The summed E-state index contributed by atoms with van der Waals surface area (Å²) in [5.41, 5.74) is -11.7. The van der Waals surface area contributed by atoms with E-state index in [1.807, 2.05) is 0 Å². The van der Waals surface area contributed by atoms with Crippen LogP contribution in [0, 0.1) is 5.92 Å². The van der Waals surface area contributed by atoms with Gasteiger partial charge in [-0.05, 0) is 70.2 Å². The van der Waals surface area contributed by atoms with Crippen LogP contribution in [0.3, 0.4) is 0 Å². The normalized spacial score (nSPS) is 27.7. The van der Waals surface area contributed by atoms with Crippen molar-refractivity contribution in [1.29, 1.82) is 0 Å². The van der Waals surface area contributed by atoms with E-state index in [1.165, 1.54) is 0 Å². The average molecular weight is 741 g/mol. The predicted octanol–water partition coefficient (Wildman–Crippen LogP) is 11.7. The zero-order chi connectivity index (χ0) is 66.1. The minimum atomic E-state index is -2.35. The maximum Gasteiger partial charge on any atom is 0.160 e. The van der Waals surface area contributed by atoms with Gasteiger partial charge in [0, 0.05) is 45.7 Å². The van der Waals surface area contributed by atoms with Crippen LogP contribution < -0.4 is 10.2 Å². The molecule has 4 nitrogen and oxygen atoms in total. The Balaban J connectivity index is 1.48. The summed E-state index contributed by atoms with van der Waals surface area (Å²) >= 11 is 0. The van der Waals surface area contributed by atoms with Crippen LogP contribution in [0.15, 0.2) is 211 Å². The monoisotopic (exact) mass is 741 g/mol. The third kappa shape index (κ3) is 6.13. The second-order valence-corrected chi connectivity index (χ2v) is 11.6. The van der Waals surface area contributed by atoms with Crippen molar-refractivity contribution in [2.75, 3.05) is 4.90 Å². The fraction of sp³-hybridized carbons (Fsp3) is 0.0588. The Morgan fingerprint density at radius 2 is 1.09 bits per heavy atom. The van der Waals surface area contributed by atoms with E-state index < -0.39 is 302 Å². The Bertz CT molecular complexity index is 4300. The molecule has 0 spiro atoms. The van der Waals surface area contributed by atoms with Gasteiger partial charge in [-0.2, -0.15) is 0 Å². The minimum Gasteiger partial charge on any atom is -0.314 e. The molecule has 1 N–H and O–H groups in total. The fourth-order valence-electron chi connectivity index (χ4n) is 6.34. The van der Waals surface area contributed by atoms with E-state index in [0.717, 1.165) is 0 Å². The van der Waals surface area contributed by atoms with Gasteiger partial charge >= 0.3 is 0 Å². The molecule has 0 bridgehead atoms. The number of hydrogen-bond acceptors (Lipinski definition) is 4. The molecule has 0 saturated heterocycles. The summed E-state index contributed by atoms with van der Waals surface area (Å²) in [6, 6.07) is -40.3. The van der Waals surface area contributed by atoms with Gasteiger partial charge in [0.15, 0.2) is 5.82 Å². The quantitative estimate of drug-likeness (QED) is 0.177. The molecule has 0 fully saturated rings. The molecule has 0 saturated carbocycles. The molecular formula is C51H38N4. The van der Waals surface area contributed by atoms with Crippen molar-refractivity contribution >= 4 is 28.6 Å². The molecule has 10 rings (SSSR count). The van der Waals surface area contributed by atoms with Gasteiger partial charge in [0.1, 0.15) is 0 Å². The van der Waals surface area contributed by atoms with Crippen LogP contribution >= 0.6 is 0 Å². The molecule has 4 heteroatoms. The van der Waals surface area contributed by atoms with Crippen LogP contribution in [0.4, 0.5) is 11.4 Å². The Labute approximate surface area is 370 Å². The predicted molar refractivity (Wildman–Crippen MR) is 226 cm³/mol. The fourth-order valence-corrected chi connectivity index (χ4v) is 6.34. The number of fused-ring (bicyclic) bond motifs is 4. The number of nitrogens with one attached hydrogen (secondary N) is 1. The van der Waals surface area contributed by atoms with Crippen LogP contribution in [0.1, 0.15) is 75.2 Å². The lowest BCUT2D eigenvalue weighted by atomic mass is 9.69. The minimum absolute atomic E-state index is 0.446. The summed E-state index contributed by atoms with van der Waals surface area (Å²) in [5, 5.41) is 2.91. The van der Waals surface area contributed by atoms with E-state index in [9.17, 15) is 17.8 Å². The Morgan fingerprint density at radius 1 is 0.564 bits per heavy atom. The number of anilines is 2. The van der Waals surface area contributed by atoms with E-state index >= 15 is 0 Å². The molecule has 3 atom stereocenters. The molecule has 7 aromatic rings. The molecule has 1 aromatic heterocycles. The summed E-state index contributed by atoms with van der Waals surface area (Å²) in [5.74, 6) is -3.37. The number of benzene rings is 6. The highest BCUT2D eigenvalue weighted by atomic mass is 15.2. The SMILES string of the molecule is [2H]C1=C(c2nc(-c3c([2H])c([2H])c([2H])c([2H])c3[2H])c([2H])c(-c3c([2H])c([2H])c([2H])c([2H])c3[2H])n2)C([2H])=C([2H])C2NC(c3c([2H])c([2H])c([2H])c([2H])c3[2H])C3C(=C12)c1c([2H])c([2H])c([2H])c([2H])c1C([2H])=C3N(c1c([2H])c([2H])c([2H])c([2H])c1[2H])c1c([2H])c([2H])c([2H])c([2H])c1[2H]. The van der Waals surface area contributed by atoms with Crippen molar-refractivity contribution in [3.63, 3.8) is 0 Å². The molecule has 55 heavy (non-hydrogen) atoms. The first kappa shape index (κ1) is 12.9. The summed E-state index contributed by atoms with van der Waals surface area (Å²) in [6.45, 7) is 0. The molecular weight excluding hydrogens is 669 g/mol. The van der Waals surface area contributed by atoms with Crippen molar-refractivity contribution in [1.82, 2.24) is 15.3 Å². The molecule has 2 heterocycles. The van der Waals surface area contributed by atoms with Crippen molar-refractivity contribution in [2.24, 2.45) is 5.92 Å². The highest BCUT2D eigenvalue weighted by Gasteiger charge is 2.43. The van der Waals surface area contributed by atoms with Crippen molar-refractivity contribution in [2.45, 2.75) is 12.1 Å². The summed E-state index contributed by atoms with van der Waals surface area (Å²) in [6.07, 6.45) is 0. The van der Waals surface area contributed by atoms with Gasteiger partial charge in [-0.25, -0.2) is 9.97 Å². The van der Waals surface area contributed by atoms with Gasteiger partial charge < -0.3 is 4.90 Å². The van der Waals surface area contributed by atoms with Gasteiger partial charge in [0.2, 0.25) is 0 Å². The molecule has 1 aliphatic heterocycles. The average Bonchev–Trinajstić information content (AvgIpc) is 0.688. The largest absolute Gasteiger partial charge is 0.314 e. The van der Waals surface area contributed by atoms with E-state index in [4.69, 9.17) is 28.8 Å². The van der Waals surface area contributed by atoms with Gasteiger partial charge in [-0.15, -0.1) is 0 Å². The third-order valence-electron chi connectivity index (χ3n) is 8.54. The topological polar surface area (TPSA) is 41.1 Å². The summed E-state index contributed by atoms with van der Waals surface area (Å²) in [4.78, 5) is 9.20. The zero-order valence-electron chi connectivity index (χ0n) is 61.6. The van der Waals surface area contributed by atoms with E-state index in [0.29, 0.717) is 4.90 Å². The zero-order valence-corrected chi connectivity index (χ0v) is 27.6. The van der Waals surface area contributed by atoms with Crippen LogP contribution in [-0.2, 0) is 0 Å². The second-order valence-electron chi connectivity index (χ2n) is 11.6. The van der Waals surface area contributed by atoms with Gasteiger partial charge in [0.05, 0.1) is 64.0 Å². The van der Waals surface area contributed by atoms with Crippen molar-refractivity contribution in [3.8, 4) is 22.5 Å². The Morgan fingerprint density at radius 3 is 1.69 bits per heavy atom. The van der Waals surface area contributed by atoms with E-state index in [-0.39, 0.29) is 0 Å². The van der Waals surface area contributed by atoms with Crippen LogP contribution in [0.25, 0.3) is 39.7 Å². The molecule has 262 valence electrons. The maximum absolute atomic E-state index is 10.4. The Kier molecular flexibility index (Phi) is 3.31. The third-order valence-corrected chi connectivity index (χ3v) is 8.54. The van der Waals surface area contributed by atoms with Crippen LogP contribution in [0.2, 0.25) is 0 Å². The molecule has 3 unspecified atom stereocenters. The van der Waals surface area contributed by atoms with E-state index in [1.54, 1.807) is 0 Å².